The second-order valence-corrected chi connectivity index (χ2v) is 5.84. The molecule has 0 radical (unpaired) electrons. The van der Waals surface area contributed by atoms with Crippen molar-refractivity contribution in [3.8, 4) is 0 Å². The molecule has 1 aliphatic carbocycles. The van der Waals surface area contributed by atoms with Crippen molar-refractivity contribution in [2.24, 2.45) is 0 Å². The standard InChI is InChI=1S/C19H20N2/c1-2-13-9-11-15(12-10-13)19-20-16-7-3-5-14-6-4-8-17(21-19)18(14)16/h3-7,9-12,17,19-21H,2,8H2,1H3. The maximum Gasteiger partial charge on any atom is 0.104 e. The summed E-state index contributed by atoms with van der Waals surface area (Å²) in [5, 5.41) is 7.39. The van der Waals surface area contributed by atoms with E-state index < -0.39 is 0 Å². The Morgan fingerprint density at radius 3 is 2.76 bits per heavy atom. The van der Waals surface area contributed by atoms with Gasteiger partial charge in [0.2, 0.25) is 0 Å². The van der Waals surface area contributed by atoms with E-state index in [4.69, 9.17) is 0 Å². The Labute approximate surface area is 125 Å². The molecule has 0 bridgehead atoms. The third kappa shape index (κ3) is 2.16. The fraction of sp³-hybridized carbons (Fsp3) is 0.263. The predicted octanol–water partition coefficient (Wildman–Crippen LogP) is 4.42. The third-order valence-electron chi connectivity index (χ3n) is 4.55. The maximum absolute atomic E-state index is 3.74. The SMILES string of the molecule is CCc1ccc(C2Nc3cccc4c3C(CC=C4)N2)cc1. The van der Waals surface area contributed by atoms with Crippen molar-refractivity contribution in [3.05, 3.63) is 70.8 Å². The van der Waals surface area contributed by atoms with Gasteiger partial charge in [-0.3, -0.25) is 5.32 Å². The van der Waals surface area contributed by atoms with Crippen LogP contribution in [0.4, 0.5) is 5.69 Å². The van der Waals surface area contributed by atoms with Gasteiger partial charge in [-0.1, -0.05) is 55.5 Å². The summed E-state index contributed by atoms with van der Waals surface area (Å²) in [5.74, 6) is 0. The van der Waals surface area contributed by atoms with Crippen LogP contribution in [0.25, 0.3) is 6.08 Å². The van der Waals surface area contributed by atoms with Gasteiger partial charge in [-0.15, -0.1) is 0 Å². The van der Waals surface area contributed by atoms with Gasteiger partial charge in [0.05, 0.1) is 0 Å². The van der Waals surface area contributed by atoms with Crippen molar-refractivity contribution in [2.45, 2.75) is 32.0 Å². The summed E-state index contributed by atoms with van der Waals surface area (Å²) in [6.45, 7) is 2.19. The van der Waals surface area contributed by atoms with Crippen molar-refractivity contribution in [2.75, 3.05) is 5.32 Å². The topological polar surface area (TPSA) is 24.1 Å². The Morgan fingerprint density at radius 1 is 1.10 bits per heavy atom. The summed E-state index contributed by atoms with van der Waals surface area (Å²) in [5.41, 5.74) is 6.71. The van der Waals surface area contributed by atoms with Gasteiger partial charge >= 0.3 is 0 Å². The highest BCUT2D eigenvalue weighted by atomic mass is 15.2. The summed E-state index contributed by atoms with van der Waals surface area (Å²) < 4.78 is 0. The van der Waals surface area contributed by atoms with Crippen molar-refractivity contribution in [3.63, 3.8) is 0 Å². The Kier molecular flexibility index (Phi) is 3.04. The molecule has 0 fully saturated rings. The van der Waals surface area contributed by atoms with Crippen LogP contribution in [0.1, 0.15) is 47.8 Å². The molecule has 21 heavy (non-hydrogen) atoms. The monoisotopic (exact) mass is 276 g/mol. The minimum absolute atomic E-state index is 0.190. The Hall–Kier alpha value is -2.06. The second kappa shape index (κ2) is 5.05. The number of rotatable bonds is 2. The first-order valence-electron chi connectivity index (χ1n) is 7.76. The Bertz CT molecular complexity index is 685. The van der Waals surface area contributed by atoms with E-state index in [-0.39, 0.29) is 6.17 Å². The van der Waals surface area contributed by atoms with Crippen LogP contribution in [0.15, 0.2) is 48.5 Å². The van der Waals surface area contributed by atoms with Crippen LogP contribution >= 0.6 is 0 Å². The van der Waals surface area contributed by atoms with E-state index in [0.29, 0.717) is 6.04 Å². The average Bonchev–Trinajstić information content (AvgIpc) is 2.55. The largest absolute Gasteiger partial charge is 0.366 e. The number of hydrogen-bond donors (Lipinski definition) is 2. The predicted molar refractivity (Wildman–Crippen MR) is 88.2 cm³/mol. The van der Waals surface area contributed by atoms with Crippen LogP contribution in [0.3, 0.4) is 0 Å². The van der Waals surface area contributed by atoms with Gasteiger partial charge in [0.15, 0.2) is 0 Å². The number of aryl methyl sites for hydroxylation is 1. The molecule has 0 saturated carbocycles. The first-order valence-corrected chi connectivity index (χ1v) is 7.76. The third-order valence-corrected chi connectivity index (χ3v) is 4.55. The van der Waals surface area contributed by atoms with Crippen molar-refractivity contribution in [1.29, 1.82) is 0 Å². The average molecular weight is 276 g/mol. The molecule has 2 heteroatoms. The molecule has 2 nitrogen and oxygen atoms in total. The zero-order chi connectivity index (χ0) is 14.2. The highest BCUT2D eigenvalue weighted by Crippen LogP contribution is 2.39. The van der Waals surface area contributed by atoms with Gasteiger partial charge in [-0.2, -0.15) is 0 Å². The van der Waals surface area contributed by atoms with Gasteiger partial charge < -0.3 is 5.32 Å². The Morgan fingerprint density at radius 2 is 1.95 bits per heavy atom. The fourth-order valence-corrected chi connectivity index (χ4v) is 3.37. The van der Waals surface area contributed by atoms with Crippen LogP contribution in [0.2, 0.25) is 0 Å². The lowest BCUT2D eigenvalue weighted by Crippen LogP contribution is -2.37. The molecule has 2 aromatic carbocycles. The van der Waals surface area contributed by atoms with Gasteiger partial charge in [0, 0.05) is 11.7 Å². The maximum atomic E-state index is 3.74. The molecule has 2 unspecified atom stereocenters. The van der Waals surface area contributed by atoms with Crippen LogP contribution < -0.4 is 10.6 Å². The summed E-state index contributed by atoms with van der Waals surface area (Å²) >= 11 is 0. The van der Waals surface area contributed by atoms with Crippen molar-refractivity contribution in [1.82, 2.24) is 5.32 Å². The Balaban J connectivity index is 1.69. The zero-order valence-electron chi connectivity index (χ0n) is 12.3. The van der Waals surface area contributed by atoms with E-state index >= 15 is 0 Å². The molecule has 1 aliphatic heterocycles. The van der Waals surface area contributed by atoms with Crippen LogP contribution in [0.5, 0.6) is 0 Å². The highest BCUT2D eigenvalue weighted by Gasteiger charge is 2.28. The molecule has 2 N–H and O–H groups in total. The lowest BCUT2D eigenvalue weighted by atomic mass is 9.88. The van der Waals surface area contributed by atoms with Gasteiger partial charge in [0.1, 0.15) is 6.17 Å². The molecule has 4 rings (SSSR count). The van der Waals surface area contributed by atoms with Crippen LogP contribution in [0, 0.1) is 0 Å². The van der Waals surface area contributed by atoms with E-state index in [1.54, 1.807) is 0 Å². The normalized spacial score (nSPS) is 22.5. The molecule has 2 atom stereocenters. The highest BCUT2D eigenvalue weighted by molar-refractivity contribution is 5.69. The van der Waals surface area contributed by atoms with Crippen molar-refractivity contribution < 1.29 is 0 Å². The first-order chi connectivity index (χ1) is 10.3. The van der Waals surface area contributed by atoms with E-state index in [2.05, 4.69) is 72.2 Å². The van der Waals surface area contributed by atoms with Crippen LogP contribution in [-0.4, -0.2) is 0 Å². The first kappa shape index (κ1) is 12.7. The summed E-state index contributed by atoms with van der Waals surface area (Å²) in [7, 11) is 0. The quantitative estimate of drug-likeness (QED) is 0.848. The summed E-state index contributed by atoms with van der Waals surface area (Å²) in [6, 6.07) is 15.9. The molecule has 2 aromatic rings. The summed E-state index contributed by atoms with van der Waals surface area (Å²) in [4.78, 5) is 0. The van der Waals surface area contributed by atoms with E-state index in [9.17, 15) is 0 Å². The number of benzene rings is 2. The van der Waals surface area contributed by atoms with Gasteiger partial charge in [-0.25, -0.2) is 0 Å². The van der Waals surface area contributed by atoms with Gasteiger partial charge in [0.25, 0.3) is 0 Å². The lowest BCUT2D eigenvalue weighted by molar-refractivity contribution is 0.457. The molecule has 1 heterocycles. The molecule has 0 aromatic heterocycles. The molecule has 0 spiro atoms. The molecular formula is C19H20N2. The lowest BCUT2D eigenvalue weighted by Gasteiger charge is -2.37. The zero-order valence-corrected chi connectivity index (χ0v) is 12.3. The number of anilines is 1. The van der Waals surface area contributed by atoms with E-state index in [1.807, 2.05) is 0 Å². The second-order valence-electron chi connectivity index (χ2n) is 5.84. The van der Waals surface area contributed by atoms with E-state index in [0.717, 1.165) is 12.8 Å². The summed E-state index contributed by atoms with van der Waals surface area (Å²) in [6.07, 6.45) is 6.84. The molecule has 0 saturated heterocycles. The van der Waals surface area contributed by atoms with E-state index in [1.165, 1.54) is 27.9 Å². The molecule has 106 valence electrons. The van der Waals surface area contributed by atoms with Gasteiger partial charge in [-0.05, 0) is 41.2 Å². The minimum Gasteiger partial charge on any atom is -0.366 e. The van der Waals surface area contributed by atoms with Crippen LogP contribution in [-0.2, 0) is 6.42 Å². The fourth-order valence-electron chi connectivity index (χ4n) is 3.37. The molecule has 0 amide bonds. The number of nitrogens with one attached hydrogen (secondary N) is 2. The van der Waals surface area contributed by atoms with Crippen molar-refractivity contribution >= 4 is 11.8 Å². The molecular weight excluding hydrogens is 256 g/mol. The number of hydrogen-bond acceptors (Lipinski definition) is 2. The smallest absolute Gasteiger partial charge is 0.104 e. The minimum atomic E-state index is 0.190. The molecule has 2 aliphatic rings.